The van der Waals surface area contributed by atoms with Gasteiger partial charge in [-0.3, -0.25) is 13.9 Å². The van der Waals surface area contributed by atoms with Crippen molar-refractivity contribution in [1.29, 1.82) is 0 Å². The van der Waals surface area contributed by atoms with Crippen LogP contribution in [-0.2, 0) is 26.2 Å². The van der Waals surface area contributed by atoms with Crippen molar-refractivity contribution in [2.45, 2.75) is 58.5 Å². The molecule has 1 N–H and O–H groups in total. The van der Waals surface area contributed by atoms with Gasteiger partial charge in [0.05, 0.1) is 10.6 Å². The van der Waals surface area contributed by atoms with E-state index in [1.165, 1.54) is 17.0 Å². The Labute approximate surface area is 232 Å². The number of aryl methyl sites for hydroxylation is 2. The second kappa shape index (κ2) is 13.4. The van der Waals surface area contributed by atoms with Crippen LogP contribution in [0.4, 0.5) is 5.69 Å². The number of hydrogen-bond donors (Lipinski definition) is 1. The first-order valence-corrected chi connectivity index (χ1v) is 14.7. The summed E-state index contributed by atoms with van der Waals surface area (Å²) in [6, 6.07) is 22.1. The SMILES string of the molecule is CC[C@H](C(=O)NCC(C)C)N(Cc1ccccc1C)C(=O)CN(c1cccc(C)c1)S(=O)(=O)c1ccccc1. The fourth-order valence-corrected chi connectivity index (χ4v) is 5.77. The fourth-order valence-electron chi connectivity index (χ4n) is 4.34. The summed E-state index contributed by atoms with van der Waals surface area (Å²) >= 11 is 0. The molecular weight excluding hydrogens is 510 g/mol. The minimum atomic E-state index is -4.07. The maximum absolute atomic E-state index is 14.1. The maximum atomic E-state index is 14.1. The van der Waals surface area contributed by atoms with E-state index >= 15 is 0 Å². The maximum Gasteiger partial charge on any atom is 0.264 e. The second-order valence-electron chi connectivity index (χ2n) is 10.2. The highest BCUT2D eigenvalue weighted by atomic mass is 32.2. The molecule has 0 aliphatic rings. The molecule has 0 fully saturated rings. The minimum absolute atomic E-state index is 0.0893. The van der Waals surface area contributed by atoms with Gasteiger partial charge in [-0.25, -0.2) is 8.42 Å². The Hall–Kier alpha value is -3.65. The van der Waals surface area contributed by atoms with E-state index in [0.717, 1.165) is 21.0 Å². The van der Waals surface area contributed by atoms with Crippen molar-refractivity contribution in [3.05, 3.63) is 95.6 Å². The van der Waals surface area contributed by atoms with E-state index < -0.39 is 28.5 Å². The van der Waals surface area contributed by atoms with E-state index in [1.807, 2.05) is 65.0 Å². The van der Waals surface area contributed by atoms with E-state index in [4.69, 9.17) is 0 Å². The number of nitrogens with zero attached hydrogens (tertiary/aromatic N) is 2. The zero-order valence-corrected chi connectivity index (χ0v) is 24.2. The van der Waals surface area contributed by atoms with Gasteiger partial charge in [0.15, 0.2) is 0 Å². The minimum Gasteiger partial charge on any atom is -0.354 e. The lowest BCUT2D eigenvalue weighted by Gasteiger charge is -2.33. The van der Waals surface area contributed by atoms with Crippen LogP contribution >= 0.6 is 0 Å². The van der Waals surface area contributed by atoms with Gasteiger partial charge in [0, 0.05) is 13.1 Å². The highest BCUT2D eigenvalue weighted by molar-refractivity contribution is 7.92. The Morgan fingerprint density at radius 2 is 1.56 bits per heavy atom. The van der Waals surface area contributed by atoms with Gasteiger partial charge >= 0.3 is 0 Å². The van der Waals surface area contributed by atoms with E-state index in [9.17, 15) is 18.0 Å². The molecule has 0 heterocycles. The van der Waals surface area contributed by atoms with E-state index in [2.05, 4.69) is 5.32 Å². The number of carbonyl (C=O) groups is 2. The molecule has 0 aromatic heterocycles. The van der Waals surface area contributed by atoms with E-state index in [0.29, 0.717) is 18.7 Å². The lowest BCUT2D eigenvalue weighted by Crippen LogP contribution is -2.52. The fraction of sp³-hybridized carbons (Fsp3) is 0.355. The Kier molecular flexibility index (Phi) is 10.3. The first-order chi connectivity index (χ1) is 18.5. The summed E-state index contributed by atoms with van der Waals surface area (Å²) in [4.78, 5) is 29.0. The first-order valence-electron chi connectivity index (χ1n) is 13.3. The molecule has 39 heavy (non-hydrogen) atoms. The summed E-state index contributed by atoms with van der Waals surface area (Å²) in [7, 11) is -4.07. The quantitative estimate of drug-likeness (QED) is 0.341. The summed E-state index contributed by atoms with van der Waals surface area (Å²) in [6.07, 6.45) is 0.386. The number of amides is 2. The lowest BCUT2D eigenvalue weighted by atomic mass is 10.1. The standard InChI is InChI=1S/C31H39N3O4S/c1-6-29(31(36)32-20-23(2)3)33(21-26-15-11-10-14-25(26)5)30(35)22-34(27-16-12-13-24(4)19-27)39(37,38)28-17-8-7-9-18-28/h7-19,23,29H,6,20-22H2,1-5H3,(H,32,36)/t29-/m1/s1. The Morgan fingerprint density at radius 1 is 0.897 bits per heavy atom. The predicted octanol–water partition coefficient (Wildman–Crippen LogP) is 5.08. The zero-order valence-electron chi connectivity index (χ0n) is 23.4. The molecule has 3 rings (SSSR count). The molecule has 1 atom stereocenters. The van der Waals surface area contributed by atoms with Gasteiger partial charge in [-0.1, -0.05) is 75.4 Å². The highest BCUT2D eigenvalue weighted by Gasteiger charge is 2.33. The number of anilines is 1. The van der Waals surface area contributed by atoms with Crippen LogP contribution in [0, 0.1) is 19.8 Å². The second-order valence-corrected chi connectivity index (χ2v) is 12.0. The monoisotopic (exact) mass is 549 g/mol. The molecule has 2 amide bonds. The number of rotatable bonds is 12. The van der Waals surface area contributed by atoms with Gasteiger partial charge in [-0.05, 0) is 67.1 Å². The first kappa shape index (κ1) is 29.9. The van der Waals surface area contributed by atoms with Crippen LogP contribution in [0.3, 0.4) is 0 Å². The van der Waals surface area contributed by atoms with Gasteiger partial charge in [-0.15, -0.1) is 0 Å². The van der Waals surface area contributed by atoms with Gasteiger partial charge in [-0.2, -0.15) is 0 Å². The molecular formula is C31H39N3O4S. The Morgan fingerprint density at radius 3 is 2.18 bits per heavy atom. The van der Waals surface area contributed by atoms with Gasteiger partial charge in [0.1, 0.15) is 12.6 Å². The van der Waals surface area contributed by atoms with Crippen LogP contribution < -0.4 is 9.62 Å². The summed E-state index contributed by atoms with van der Waals surface area (Å²) in [5.74, 6) is -0.452. The summed E-state index contributed by atoms with van der Waals surface area (Å²) in [5.41, 5.74) is 3.14. The summed E-state index contributed by atoms with van der Waals surface area (Å²) < 4.78 is 28.8. The van der Waals surface area contributed by atoms with Crippen LogP contribution in [0.5, 0.6) is 0 Å². The molecule has 0 bridgehead atoms. The normalized spacial score (nSPS) is 12.2. The van der Waals surface area contributed by atoms with Crippen LogP contribution in [0.15, 0.2) is 83.8 Å². The van der Waals surface area contributed by atoms with Crippen molar-refractivity contribution in [2.24, 2.45) is 5.92 Å². The number of hydrogen-bond acceptors (Lipinski definition) is 4. The third-order valence-corrected chi connectivity index (χ3v) is 8.36. The van der Waals surface area contributed by atoms with Crippen LogP contribution in [0.2, 0.25) is 0 Å². The van der Waals surface area contributed by atoms with Crippen LogP contribution in [0.25, 0.3) is 0 Å². The highest BCUT2D eigenvalue weighted by Crippen LogP contribution is 2.26. The van der Waals surface area contributed by atoms with Crippen molar-refractivity contribution in [1.82, 2.24) is 10.2 Å². The number of sulfonamides is 1. The van der Waals surface area contributed by atoms with Crippen molar-refractivity contribution >= 4 is 27.5 Å². The number of carbonyl (C=O) groups excluding carboxylic acids is 2. The third kappa shape index (κ3) is 7.69. The summed E-state index contributed by atoms with van der Waals surface area (Å²) in [5, 5.41) is 2.95. The predicted molar refractivity (Wildman–Crippen MR) is 156 cm³/mol. The van der Waals surface area contributed by atoms with Crippen molar-refractivity contribution in [3.8, 4) is 0 Å². The molecule has 0 spiro atoms. The molecule has 8 heteroatoms. The number of benzene rings is 3. The van der Waals surface area contributed by atoms with Crippen molar-refractivity contribution in [3.63, 3.8) is 0 Å². The van der Waals surface area contributed by atoms with Crippen molar-refractivity contribution < 1.29 is 18.0 Å². The van der Waals surface area contributed by atoms with E-state index in [-0.39, 0.29) is 23.3 Å². The lowest BCUT2D eigenvalue weighted by molar-refractivity contribution is -0.140. The third-order valence-electron chi connectivity index (χ3n) is 6.57. The molecule has 208 valence electrons. The molecule has 3 aromatic carbocycles. The molecule has 0 unspecified atom stereocenters. The van der Waals surface area contributed by atoms with Gasteiger partial charge < -0.3 is 10.2 Å². The molecule has 0 aliphatic heterocycles. The molecule has 0 aliphatic carbocycles. The molecule has 0 radical (unpaired) electrons. The summed E-state index contributed by atoms with van der Waals surface area (Å²) in [6.45, 7) is 9.92. The average Bonchev–Trinajstić information content (AvgIpc) is 2.91. The molecule has 0 saturated heterocycles. The molecule has 0 saturated carbocycles. The smallest absolute Gasteiger partial charge is 0.264 e. The van der Waals surface area contributed by atoms with Crippen molar-refractivity contribution in [2.75, 3.05) is 17.4 Å². The van der Waals surface area contributed by atoms with Gasteiger partial charge in [0.2, 0.25) is 11.8 Å². The van der Waals surface area contributed by atoms with Crippen LogP contribution in [-0.4, -0.2) is 44.3 Å². The van der Waals surface area contributed by atoms with Crippen LogP contribution in [0.1, 0.15) is 43.9 Å². The largest absolute Gasteiger partial charge is 0.354 e. The zero-order chi connectivity index (χ0) is 28.6. The molecule has 7 nitrogen and oxygen atoms in total. The number of nitrogens with one attached hydrogen (secondary N) is 1. The Balaban J connectivity index is 2.05. The van der Waals surface area contributed by atoms with E-state index in [1.54, 1.807) is 36.4 Å². The Bertz CT molecular complexity index is 1370. The van der Waals surface area contributed by atoms with Gasteiger partial charge in [0.25, 0.3) is 10.0 Å². The molecule has 3 aromatic rings. The average molecular weight is 550 g/mol. The topological polar surface area (TPSA) is 86.8 Å².